The molecular formula is C4H2F6IO4+3. The molecule has 0 rings (SSSR count). The summed E-state index contributed by atoms with van der Waals surface area (Å²) >= 11 is 0. The van der Waals surface area contributed by atoms with Crippen molar-refractivity contribution in [2.24, 2.45) is 0 Å². The lowest BCUT2D eigenvalue weighted by molar-refractivity contribution is -0.193. The third-order valence-corrected chi connectivity index (χ3v) is 0.485. The maximum absolute atomic E-state index is 10.6. The van der Waals surface area contributed by atoms with Crippen molar-refractivity contribution in [2.45, 2.75) is 12.4 Å². The Labute approximate surface area is 94.9 Å². The number of aliphatic carboxylic acids is 2. The van der Waals surface area contributed by atoms with Gasteiger partial charge in [-0.3, -0.25) is 0 Å². The van der Waals surface area contributed by atoms with Crippen molar-refractivity contribution in [1.29, 1.82) is 0 Å². The minimum atomic E-state index is -5.08. The number of carboxylic acids is 2. The van der Waals surface area contributed by atoms with Crippen molar-refractivity contribution >= 4 is 11.9 Å². The number of carboxylic acid groups (broad SMARTS) is 2. The maximum atomic E-state index is 10.6. The van der Waals surface area contributed by atoms with E-state index in [1.54, 1.807) is 0 Å². The van der Waals surface area contributed by atoms with Crippen molar-refractivity contribution in [3.63, 3.8) is 0 Å². The molecule has 0 saturated heterocycles. The highest BCUT2D eigenvalue weighted by molar-refractivity contribution is 5.73. The van der Waals surface area contributed by atoms with Crippen molar-refractivity contribution in [3.8, 4) is 0 Å². The zero-order chi connectivity index (χ0) is 12.2. The third-order valence-electron chi connectivity index (χ3n) is 0.485. The van der Waals surface area contributed by atoms with Crippen molar-refractivity contribution < 1.29 is 70.1 Å². The summed E-state index contributed by atoms with van der Waals surface area (Å²) in [5.41, 5.74) is 0. The molecule has 0 aromatic heterocycles. The van der Waals surface area contributed by atoms with Crippen molar-refractivity contribution in [1.82, 2.24) is 0 Å². The minimum Gasteiger partial charge on any atom is -0.475 e. The highest BCUT2D eigenvalue weighted by Gasteiger charge is 3.00. The van der Waals surface area contributed by atoms with Crippen LogP contribution in [0.2, 0.25) is 0 Å². The lowest BCUT2D eigenvalue weighted by atomic mass is 10.7. The first kappa shape index (κ1) is 19.8. The summed E-state index contributed by atoms with van der Waals surface area (Å²) in [5.74, 6) is -5.51. The molecule has 0 aliphatic carbocycles. The number of hydrogen-bond donors (Lipinski definition) is 2. The average molecular weight is 355 g/mol. The van der Waals surface area contributed by atoms with E-state index in [0.29, 0.717) is 0 Å². The van der Waals surface area contributed by atoms with Crippen LogP contribution in [0.4, 0.5) is 26.3 Å². The van der Waals surface area contributed by atoms with Gasteiger partial charge >= 0.3 is 48.3 Å². The molecule has 0 amide bonds. The molecule has 0 heterocycles. The van der Waals surface area contributed by atoms with E-state index < -0.39 is 24.3 Å². The van der Waals surface area contributed by atoms with E-state index >= 15 is 0 Å². The summed E-state index contributed by atoms with van der Waals surface area (Å²) in [7, 11) is 0. The largest absolute Gasteiger partial charge is 3.00 e. The van der Waals surface area contributed by atoms with Crippen LogP contribution in [0.1, 0.15) is 0 Å². The van der Waals surface area contributed by atoms with Gasteiger partial charge in [-0.25, -0.2) is 9.59 Å². The van der Waals surface area contributed by atoms with Gasteiger partial charge in [-0.2, -0.15) is 26.3 Å². The van der Waals surface area contributed by atoms with E-state index in [-0.39, 0.29) is 24.0 Å². The number of hydrogen-bond acceptors (Lipinski definition) is 2. The maximum Gasteiger partial charge on any atom is 3.00 e. The first-order valence-corrected chi connectivity index (χ1v) is 2.49. The number of rotatable bonds is 0. The lowest BCUT2D eigenvalue weighted by Crippen LogP contribution is -3.00. The minimum absolute atomic E-state index is 0. The highest BCUT2D eigenvalue weighted by Crippen LogP contribution is 2.13. The Morgan fingerprint density at radius 2 is 0.800 bits per heavy atom. The van der Waals surface area contributed by atoms with Gasteiger partial charge in [0.25, 0.3) is 0 Å². The van der Waals surface area contributed by atoms with Crippen molar-refractivity contribution in [3.05, 3.63) is 0 Å². The van der Waals surface area contributed by atoms with Gasteiger partial charge in [-0.1, -0.05) is 0 Å². The van der Waals surface area contributed by atoms with Gasteiger partial charge in [0, 0.05) is 0 Å². The molecule has 0 spiro atoms. The number of halogens is 7. The summed E-state index contributed by atoms with van der Waals surface area (Å²) in [4.78, 5) is 17.8. The average Bonchev–Trinajstić information content (AvgIpc) is 1.83. The van der Waals surface area contributed by atoms with Gasteiger partial charge in [0.05, 0.1) is 0 Å². The summed E-state index contributed by atoms with van der Waals surface area (Å²) in [6.07, 6.45) is -10.2. The van der Waals surface area contributed by atoms with Gasteiger partial charge < -0.3 is 10.2 Å². The monoisotopic (exact) mass is 355 g/mol. The Morgan fingerprint density at radius 1 is 0.733 bits per heavy atom. The fourth-order valence-electron chi connectivity index (χ4n) is 0. The molecule has 0 unspecified atom stereocenters. The van der Waals surface area contributed by atoms with Gasteiger partial charge in [-0.15, -0.1) is 0 Å². The van der Waals surface area contributed by atoms with Gasteiger partial charge in [0.15, 0.2) is 0 Å². The zero-order valence-corrected chi connectivity index (χ0v) is 8.51. The normalized spacial score (nSPS) is 10.5. The Kier molecular flexibility index (Phi) is 8.81. The molecule has 0 aliphatic heterocycles. The van der Waals surface area contributed by atoms with Crippen LogP contribution in [0.15, 0.2) is 0 Å². The fraction of sp³-hybridized carbons (Fsp3) is 0.500. The van der Waals surface area contributed by atoms with E-state index in [9.17, 15) is 26.3 Å². The summed E-state index contributed by atoms with van der Waals surface area (Å²) in [5, 5.41) is 14.2. The Balaban J connectivity index is -0.000000180. The van der Waals surface area contributed by atoms with Gasteiger partial charge in [0.2, 0.25) is 0 Å². The summed E-state index contributed by atoms with van der Waals surface area (Å²) < 4.78 is 63.5. The zero-order valence-electron chi connectivity index (χ0n) is 6.36. The number of carbonyl (C=O) groups is 2. The predicted molar refractivity (Wildman–Crippen MR) is 27.4 cm³/mol. The molecule has 11 heteroatoms. The standard InChI is InChI=1S/2C2HF3O2.I/c2*3-2(4,5)1(6)7;/h2*(H,6,7);/q;;+3. The van der Waals surface area contributed by atoms with Gasteiger partial charge in [-0.05, 0) is 0 Å². The Bertz CT molecular complexity index is 196. The van der Waals surface area contributed by atoms with E-state index in [2.05, 4.69) is 0 Å². The summed E-state index contributed by atoms with van der Waals surface area (Å²) in [6.45, 7) is 0. The molecule has 0 saturated carbocycles. The Morgan fingerprint density at radius 3 is 0.800 bits per heavy atom. The van der Waals surface area contributed by atoms with Crippen LogP contribution in [-0.2, 0) is 9.59 Å². The Hall–Kier alpha value is -0.750. The van der Waals surface area contributed by atoms with Crippen LogP contribution >= 0.6 is 0 Å². The first-order valence-electron chi connectivity index (χ1n) is 2.49. The molecule has 15 heavy (non-hydrogen) atoms. The van der Waals surface area contributed by atoms with Crippen LogP contribution < -0.4 is 24.0 Å². The van der Waals surface area contributed by atoms with Crippen LogP contribution in [-0.4, -0.2) is 34.5 Å². The molecular weight excluding hydrogens is 353 g/mol. The van der Waals surface area contributed by atoms with Crippen molar-refractivity contribution in [2.75, 3.05) is 0 Å². The molecule has 0 fully saturated rings. The topological polar surface area (TPSA) is 74.6 Å². The molecule has 0 aliphatic rings. The second kappa shape index (κ2) is 6.68. The molecule has 88 valence electrons. The van der Waals surface area contributed by atoms with E-state index in [1.165, 1.54) is 0 Å². The second-order valence-electron chi connectivity index (χ2n) is 1.61. The number of alkyl halides is 6. The second-order valence-corrected chi connectivity index (χ2v) is 1.61. The molecule has 2 N–H and O–H groups in total. The van der Waals surface area contributed by atoms with Crippen LogP contribution in [0.25, 0.3) is 0 Å². The molecule has 0 bridgehead atoms. The highest BCUT2D eigenvalue weighted by atomic mass is 127. The molecule has 4 radical (unpaired) electrons. The molecule has 0 aromatic carbocycles. The van der Waals surface area contributed by atoms with Crippen LogP contribution in [0.5, 0.6) is 0 Å². The molecule has 0 atom stereocenters. The SMILES string of the molecule is O=C(O)C(F)(F)F.O=C(O)C(F)(F)F.[I+3]. The summed E-state index contributed by atoms with van der Waals surface area (Å²) in [6, 6.07) is 0. The van der Waals surface area contributed by atoms with E-state index in [0.717, 1.165) is 0 Å². The smallest absolute Gasteiger partial charge is 0.475 e. The lowest BCUT2D eigenvalue weighted by Gasteiger charge is -1.93. The first-order chi connectivity index (χ1) is 5.89. The fourth-order valence-corrected chi connectivity index (χ4v) is 0. The van der Waals surface area contributed by atoms with Crippen LogP contribution in [0, 0.1) is 0 Å². The predicted octanol–water partition coefficient (Wildman–Crippen LogP) is -1.73. The quantitative estimate of drug-likeness (QED) is 0.400. The van der Waals surface area contributed by atoms with Gasteiger partial charge in [0.1, 0.15) is 0 Å². The third kappa shape index (κ3) is 13.2. The van der Waals surface area contributed by atoms with E-state index in [4.69, 9.17) is 19.8 Å². The molecule has 4 nitrogen and oxygen atoms in total. The van der Waals surface area contributed by atoms with Crippen LogP contribution in [0.3, 0.4) is 0 Å². The van der Waals surface area contributed by atoms with E-state index in [1.807, 2.05) is 0 Å². The molecule has 0 aromatic rings.